The van der Waals surface area contributed by atoms with Crippen LogP contribution in [0.1, 0.15) is 37.8 Å². The van der Waals surface area contributed by atoms with Gasteiger partial charge < -0.3 is 9.64 Å². The molecular weight excluding hydrogens is 298 g/mol. The quantitative estimate of drug-likeness (QED) is 0.799. The van der Waals surface area contributed by atoms with Gasteiger partial charge in [-0.3, -0.25) is 4.79 Å². The van der Waals surface area contributed by atoms with Crippen LogP contribution in [0.5, 0.6) is 0 Å². The maximum Gasteiger partial charge on any atom is 0.304 e. The summed E-state index contributed by atoms with van der Waals surface area (Å²) in [5, 5.41) is 0. The molecule has 2 aromatic carbocycles. The molecule has 3 heteroatoms. The van der Waals surface area contributed by atoms with E-state index in [4.69, 9.17) is 4.74 Å². The summed E-state index contributed by atoms with van der Waals surface area (Å²) in [6.07, 6.45) is 2.91. The van der Waals surface area contributed by atoms with Crippen LogP contribution >= 0.6 is 0 Å². The van der Waals surface area contributed by atoms with Crippen LogP contribution in [0.4, 0.5) is 5.69 Å². The van der Waals surface area contributed by atoms with Crippen molar-refractivity contribution in [2.75, 3.05) is 11.4 Å². The average molecular weight is 321 g/mol. The first-order chi connectivity index (χ1) is 11.5. The number of hydrogen-bond donors (Lipinski definition) is 0. The van der Waals surface area contributed by atoms with Gasteiger partial charge in [0, 0.05) is 31.0 Å². The average Bonchev–Trinajstić information content (AvgIpc) is 2.55. The van der Waals surface area contributed by atoms with E-state index in [0.717, 1.165) is 25.8 Å². The zero-order chi connectivity index (χ0) is 16.8. The molecule has 3 heterocycles. The van der Waals surface area contributed by atoms with E-state index in [2.05, 4.69) is 66.4 Å². The van der Waals surface area contributed by atoms with Gasteiger partial charge in [0.15, 0.2) is 5.72 Å². The van der Waals surface area contributed by atoms with Crippen LogP contribution in [0.25, 0.3) is 0 Å². The van der Waals surface area contributed by atoms with Gasteiger partial charge in [-0.2, -0.15) is 0 Å². The van der Waals surface area contributed by atoms with Gasteiger partial charge in [0.25, 0.3) is 0 Å². The Morgan fingerprint density at radius 3 is 2.58 bits per heavy atom. The molecule has 3 aliphatic rings. The lowest BCUT2D eigenvalue weighted by atomic mass is 9.62. The highest BCUT2D eigenvalue weighted by Gasteiger charge is 2.55. The lowest BCUT2D eigenvalue weighted by molar-refractivity contribution is -0.160. The molecule has 1 fully saturated rings. The number of piperidine rings is 1. The fourth-order valence-electron chi connectivity index (χ4n) is 4.77. The lowest BCUT2D eigenvalue weighted by Gasteiger charge is -2.58. The van der Waals surface area contributed by atoms with E-state index in [1.54, 1.807) is 0 Å². The zero-order valence-electron chi connectivity index (χ0n) is 14.3. The van der Waals surface area contributed by atoms with E-state index in [0.29, 0.717) is 0 Å². The molecule has 3 aliphatic heterocycles. The van der Waals surface area contributed by atoms with Crippen molar-refractivity contribution in [1.82, 2.24) is 0 Å². The topological polar surface area (TPSA) is 29.5 Å². The van der Waals surface area contributed by atoms with Gasteiger partial charge in [0.05, 0.1) is 0 Å². The molecule has 0 aromatic heterocycles. The molecule has 2 bridgehead atoms. The van der Waals surface area contributed by atoms with Crippen LogP contribution in [0.2, 0.25) is 0 Å². The maximum atomic E-state index is 11.7. The van der Waals surface area contributed by atoms with Gasteiger partial charge in [-0.05, 0) is 37.0 Å². The molecular formula is C21H23NO2. The van der Waals surface area contributed by atoms with Crippen molar-refractivity contribution in [3.05, 3.63) is 65.7 Å². The van der Waals surface area contributed by atoms with Gasteiger partial charge in [-0.1, -0.05) is 48.5 Å². The van der Waals surface area contributed by atoms with Crippen LogP contribution in [0.3, 0.4) is 0 Å². The lowest BCUT2D eigenvalue weighted by Crippen LogP contribution is -2.63. The fourth-order valence-corrected chi connectivity index (χ4v) is 4.77. The standard InChI is InChI=1S/C21H23NO2/c1-16(23)24-20(2)15-21(14-17-8-4-3-5-9-17)12-13-22(20)19-11-7-6-10-18(19)21/h3-11H,12-15H2,1-2H3. The van der Waals surface area contributed by atoms with Crippen molar-refractivity contribution < 1.29 is 9.53 Å². The van der Waals surface area contributed by atoms with Gasteiger partial charge in [-0.25, -0.2) is 0 Å². The number of anilines is 1. The van der Waals surface area contributed by atoms with E-state index in [-0.39, 0.29) is 11.4 Å². The Kier molecular flexibility index (Phi) is 3.41. The number of esters is 1. The van der Waals surface area contributed by atoms with Gasteiger partial charge in [-0.15, -0.1) is 0 Å². The van der Waals surface area contributed by atoms with E-state index in [1.165, 1.54) is 23.7 Å². The largest absolute Gasteiger partial charge is 0.439 e. The normalized spacial score (nSPS) is 27.7. The molecule has 0 aliphatic carbocycles. The molecule has 2 atom stereocenters. The van der Waals surface area contributed by atoms with E-state index in [9.17, 15) is 4.79 Å². The van der Waals surface area contributed by atoms with Crippen LogP contribution in [-0.2, 0) is 21.4 Å². The minimum atomic E-state index is -0.562. The molecule has 0 spiro atoms. The second-order valence-corrected chi connectivity index (χ2v) is 7.31. The van der Waals surface area contributed by atoms with Gasteiger partial charge in [0.1, 0.15) is 0 Å². The third-order valence-electron chi connectivity index (χ3n) is 5.57. The van der Waals surface area contributed by atoms with Crippen LogP contribution in [0.15, 0.2) is 54.6 Å². The predicted octanol–water partition coefficient (Wildman–Crippen LogP) is 4.06. The Balaban J connectivity index is 1.81. The second-order valence-electron chi connectivity index (χ2n) is 7.31. The third-order valence-corrected chi connectivity index (χ3v) is 5.57. The smallest absolute Gasteiger partial charge is 0.304 e. The SMILES string of the molecule is CC(=O)OC1(C)CC2(Cc3ccccc3)CCN1c1ccccc12. The molecule has 0 radical (unpaired) electrons. The summed E-state index contributed by atoms with van der Waals surface area (Å²) in [6.45, 7) is 4.49. The third kappa shape index (κ3) is 2.31. The van der Waals surface area contributed by atoms with Crippen LogP contribution in [-0.4, -0.2) is 18.2 Å². The van der Waals surface area contributed by atoms with Crippen molar-refractivity contribution in [3.63, 3.8) is 0 Å². The van der Waals surface area contributed by atoms with E-state index >= 15 is 0 Å². The summed E-state index contributed by atoms with van der Waals surface area (Å²) in [4.78, 5) is 14.0. The van der Waals surface area contributed by atoms with Gasteiger partial charge in [0.2, 0.25) is 0 Å². The molecule has 24 heavy (non-hydrogen) atoms. The highest BCUT2D eigenvalue weighted by atomic mass is 16.6. The minimum absolute atomic E-state index is 0.0247. The van der Waals surface area contributed by atoms with E-state index in [1.807, 2.05) is 0 Å². The first kappa shape index (κ1) is 15.3. The number of carbonyl (C=O) groups excluding carboxylic acids is 1. The molecule has 124 valence electrons. The molecule has 0 amide bonds. The van der Waals surface area contributed by atoms with Crippen molar-refractivity contribution in [2.45, 2.75) is 44.2 Å². The van der Waals surface area contributed by atoms with Crippen LogP contribution < -0.4 is 4.90 Å². The number of carbonyl (C=O) groups is 1. The molecule has 2 unspecified atom stereocenters. The van der Waals surface area contributed by atoms with Crippen molar-refractivity contribution in [1.29, 1.82) is 0 Å². The number of rotatable bonds is 3. The summed E-state index contributed by atoms with van der Waals surface area (Å²) in [7, 11) is 0. The van der Waals surface area contributed by atoms with Gasteiger partial charge >= 0.3 is 5.97 Å². The van der Waals surface area contributed by atoms with Crippen molar-refractivity contribution >= 4 is 11.7 Å². The summed E-state index contributed by atoms with van der Waals surface area (Å²) in [6, 6.07) is 19.3. The molecule has 0 N–H and O–H groups in total. The highest BCUT2D eigenvalue weighted by molar-refractivity contribution is 5.69. The number of nitrogens with zero attached hydrogens (tertiary/aromatic N) is 1. The molecule has 5 rings (SSSR count). The minimum Gasteiger partial charge on any atom is -0.439 e. The number of benzene rings is 2. The summed E-state index contributed by atoms with van der Waals surface area (Å²) >= 11 is 0. The molecule has 1 saturated heterocycles. The monoisotopic (exact) mass is 321 g/mol. The van der Waals surface area contributed by atoms with Crippen molar-refractivity contribution in [3.8, 4) is 0 Å². The Bertz CT molecular complexity index is 772. The first-order valence-electron chi connectivity index (χ1n) is 8.63. The fraction of sp³-hybridized carbons (Fsp3) is 0.381. The first-order valence-corrected chi connectivity index (χ1v) is 8.63. The Hall–Kier alpha value is -2.29. The number of ether oxygens (including phenoxy) is 1. The predicted molar refractivity (Wildman–Crippen MR) is 95.0 cm³/mol. The number of fused-ring (bicyclic) bond motifs is 2. The Morgan fingerprint density at radius 1 is 1.12 bits per heavy atom. The summed E-state index contributed by atoms with van der Waals surface area (Å²) in [5.74, 6) is -0.211. The summed E-state index contributed by atoms with van der Waals surface area (Å²) in [5.41, 5.74) is 3.41. The highest BCUT2D eigenvalue weighted by Crippen LogP contribution is 2.55. The molecule has 2 aromatic rings. The zero-order valence-corrected chi connectivity index (χ0v) is 14.3. The van der Waals surface area contributed by atoms with Crippen molar-refractivity contribution in [2.24, 2.45) is 0 Å². The molecule has 3 nitrogen and oxygen atoms in total. The van der Waals surface area contributed by atoms with E-state index < -0.39 is 5.72 Å². The number of para-hydroxylation sites is 1. The Morgan fingerprint density at radius 2 is 1.83 bits per heavy atom. The van der Waals surface area contributed by atoms with Crippen LogP contribution in [0, 0.1) is 0 Å². The summed E-state index contributed by atoms with van der Waals surface area (Å²) < 4.78 is 5.82. The second kappa shape index (κ2) is 5.37. The molecule has 0 saturated carbocycles. The number of hydrogen-bond acceptors (Lipinski definition) is 3. The maximum absolute atomic E-state index is 11.7. The Labute approximate surface area is 143 Å².